The Morgan fingerprint density at radius 2 is 2.10 bits per heavy atom. The van der Waals surface area contributed by atoms with E-state index in [-0.39, 0.29) is 0 Å². The highest BCUT2D eigenvalue weighted by molar-refractivity contribution is 5.27. The van der Waals surface area contributed by atoms with E-state index in [0.29, 0.717) is 5.75 Å². The van der Waals surface area contributed by atoms with Gasteiger partial charge in [0.1, 0.15) is 5.75 Å². The number of nitrogens with zero attached hydrogens (tertiary/aromatic N) is 3. The van der Waals surface area contributed by atoms with Gasteiger partial charge in [0.25, 0.3) is 0 Å². The molecule has 3 heterocycles. The van der Waals surface area contributed by atoms with Crippen LogP contribution < -0.4 is 5.32 Å². The Morgan fingerprint density at radius 1 is 1.30 bits per heavy atom. The molecule has 0 radical (unpaired) electrons. The van der Waals surface area contributed by atoms with Gasteiger partial charge in [0.2, 0.25) is 0 Å². The minimum absolute atomic E-state index is 0.318. The Bertz CT molecular complexity index is 451. The van der Waals surface area contributed by atoms with Gasteiger partial charge in [-0.15, -0.1) is 0 Å². The van der Waals surface area contributed by atoms with Crippen LogP contribution in [-0.2, 0) is 6.54 Å². The van der Waals surface area contributed by atoms with Crippen molar-refractivity contribution in [1.82, 2.24) is 20.1 Å². The summed E-state index contributed by atoms with van der Waals surface area (Å²) >= 11 is 0. The van der Waals surface area contributed by atoms with Crippen LogP contribution in [0.4, 0.5) is 0 Å². The van der Waals surface area contributed by atoms with Gasteiger partial charge in [0.15, 0.2) is 0 Å². The molecule has 5 nitrogen and oxygen atoms in total. The van der Waals surface area contributed by atoms with Gasteiger partial charge in [0, 0.05) is 51.0 Å². The van der Waals surface area contributed by atoms with E-state index in [9.17, 15) is 5.11 Å². The molecule has 0 aromatic carbocycles. The van der Waals surface area contributed by atoms with Gasteiger partial charge in [-0.25, -0.2) is 0 Å². The molecular formula is C15H24N4O. The third kappa shape index (κ3) is 3.11. The minimum Gasteiger partial charge on any atom is -0.506 e. The molecule has 2 aliphatic rings. The third-order valence-electron chi connectivity index (χ3n) is 4.42. The molecule has 0 bridgehead atoms. The van der Waals surface area contributed by atoms with Crippen LogP contribution in [0.5, 0.6) is 5.75 Å². The number of nitrogens with one attached hydrogen (secondary N) is 1. The summed E-state index contributed by atoms with van der Waals surface area (Å²) in [5.41, 5.74) is 1.77. The fraction of sp³-hybridized carbons (Fsp3) is 0.667. The van der Waals surface area contributed by atoms with Crippen molar-refractivity contribution in [2.24, 2.45) is 0 Å². The zero-order valence-corrected chi connectivity index (χ0v) is 12.2. The van der Waals surface area contributed by atoms with E-state index in [1.54, 1.807) is 6.07 Å². The predicted octanol–water partition coefficient (Wildman–Crippen LogP) is 0.575. The second kappa shape index (κ2) is 6.08. The summed E-state index contributed by atoms with van der Waals surface area (Å²) in [4.78, 5) is 9.43. The van der Waals surface area contributed by atoms with Gasteiger partial charge >= 0.3 is 0 Å². The molecule has 110 valence electrons. The number of hydrogen-bond acceptors (Lipinski definition) is 5. The molecule has 5 heteroatoms. The van der Waals surface area contributed by atoms with Crippen LogP contribution in [-0.4, -0.2) is 65.2 Å². The average Bonchev–Trinajstić information content (AvgIpc) is 2.98. The number of aryl methyl sites for hydroxylation is 1. The lowest BCUT2D eigenvalue weighted by Gasteiger charge is -2.37. The van der Waals surface area contributed by atoms with Crippen molar-refractivity contribution >= 4 is 0 Å². The molecule has 0 spiro atoms. The van der Waals surface area contributed by atoms with Crippen molar-refractivity contribution in [1.29, 1.82) is 0 Å². The SMILES string of the molecule is Cc1ccc(O)c(CN2CCN(C3CCNC3)CC2)n1. The summed E-state index contributed by atoms with van der Waals surface area (Å²) in [5, 5.41) is 13.3. The highest BCUT2D eigenvalue weighted by Gasteiger charge is 2.26. The second-order valence-corrected chi connectivity index (χ2v) is 5.88. The van der Waals surface area contributed by atoms with E-state index in [4.69, 9.17) is 0 Å². The van der Waals surface area contributed by atoms with E-state index in [1.807, 2.05) is 13.0 Å². The molecule has 2 saturated heterocycles. The van der Waals surface area contributed by atoms with Crippen LogP contribution >= 0.6 is 0 Å². The van der Waals surface area contributed by atoms with Crippen LogP contribution in [0.2, 0.25) is 0 Å². The molecule has 1 atom stereocenters. The molecule has 2 N–H and O–H groups in total. The van der Waals surface area contributed by atoms with Crippen molar-refractivity contribution in [2.75, 3.05) is 39.3 Å². The van der Waals surface area contributed by atoms with E-state index in [2.05, 4.69) is 20.1 Å². The number of piperazine rings is 1. The molecule has 2 aliphatic heterocycles. The lowest BCUT2D eigenvalue weighted by atomic mass is 10.2. The molecular weight excluding hydrogens is 252 g/mol. The molecule has 20 heavy (non-hydrogen) atoms. The lowest BCUT2D eigenvalue weighted by Crippen LogP contribution is -2.50. The van der Waals surface area contributed by atoms with Crippen molar-refractivity contribution in [3.8, 4) is 5.75 Å². The fourth-order valence-electron chi connectivity index (χ4n) is 3.17. The first-order valence-electron chi connectivity index (χ1n) is 7.55. The maximum absolute atomic E-state index is 9.88. The Balaban J connectivity index is 1.54. The summed E-state index contributed by atoms with van der Waals surface area (Å²) in [6.45, 7) is 9.39. The largest absolute Gasteiger partial charge is 0.506 e. The van der Waals surface area contributed by atoms with Crippen LogP contribution in [0, 0.1) is 6.92 Å². The molecule has 1 aromatic heterocycles. The van der Waals surface area contributed by atoms with Gasteiger partial charge in [0.05, 0.1) is 5.69 Å². The van der Waals surface area contributed by atoms with Gasteiger partial charge in [-0.05, 0) is 32.0 Å². The number of rotatable bonds is 3. The molecule has 0 aliphatic carbocycles. The van der Waals surface area contributed by atoms with Crippen LogP contribution in [0.3, 0.4) is 0 Å². The maximum Gasteiger partial charge on any atom is 0.138 e. The molecule has 1 unspecified atom stereocenters. The molecule has 2 fully saturated rings. The monoisotopic (exact) mass is 276 g/mol. The highest BCUT2D eigenvalue weighted by atomic mass is 16.3. The Morgan fingerprint density at radius 3 is 2.80 bits per heavy atom. The zero-order valence-electron chi connectivity index (χ0n) is 12.2. The second-order valence-electron chi connectivity index (χ2n) is 5.88. The topological polar surface area (TPSA) is 51.6 Å². The lowest BCUT2D eigenvalue weighted by molar-refractivity contribution is 0.0967. The van der Waals surface area contributed by atoms with Crippen LogP contribution in [0.1, 0.15) is 17.8 Å². The van der Waals surface area contributed by atoms with Crippen molar-refractivity contribution in [3.05, 3.63) is 23.5 Å². The fourth-order valence-corrected chi connectivity index (χ4v) is 3.17. The normalized spacial score (nSPS) is 25.1. The summed E-state index contributed by atoms with van der Waals surface area (Å²) in [7, 11) is 0. The molecule has 1 aromatic rings. The molecule has 0 saturated carbocycles. The standard InChI is InChI=1S/C15H24N4O/c1-12-2-3-15(20)14(17-12)11-18-6-8-19(9-7-18)13-4-5-16-10-13/h2-3,13,16,20H,4-11H2,1H3. The van der Waals surface area contributed by atoms with Gasteiger partial charge in [-0.3, -0.25) is 14.8 Å². The third-order valence-corrected chi connectivity index (χ3v) is 4.42. The number of hydrogen-bond donors (Lipinski definition) is 2. The Hall–Kier alpha value is -1.17. The Kier molecular flexibility index (Phi) is 4.19. The van der Waals surface area contributed by atoms with Gasteiger partial charge < -0.3 is 10.4 Å². The highest BCUT2D eigenvalue weighted by Crippen LogP contribution is 2.18. The maximum atomic E-state index is 9.88. The first kappa shape index (κ1) is 13.8. The zero-order chi connectivity index (χ0) is 13.9. The smallest absolute Gasteiger partial charge is 0.138 e. The average molecular weight is 276 g/mol. The van der Waals surface area contributed by atoms with Crippen LogP contribution in [0.15, 0.2) is 12.1 Å². The quantitative estimate of drug-likeness (QED) is 0.845. The van der Waals surface area contributed by atoms with E-state index in [0.717, 1.165) is 63.2 Å². The summed E-state index contributed by atoms with van der Waals surface area (Å²) in [6.07, 6.45) is 1.28. The van der Waals surface area contributed by atoms with E-state index >= 15 is 0 Å². The van der Waals surface area contributed by atoms with Crippen LogP contribution in [0.25, 0.3) is 0 Å². The van der Waals surface area contributed by atoms with Gasteiger partial charge in [-0.2, -0.15) is 0 Å². The van der Waals surface area contributed by atoms with Gasteiger partial charge in [-0.1, -0.05) is 0 Å². The Labute approximate surface area is 120 Å². The van der Waals surface area contributed by atoms with Crippen molar-refractivity contribution < 1.29 is 5.11 Å². The number of pyridine rings is 1. The minimum atomic E-state index is 0.318. The molecule has 0 amide bonds. The first-order chi connectivity index (χ1) is 9.72. The number of aromatic hydroxyl groups is 1. The van der Waals surface area contributed by atoms with Crippen molar-refractivity contribution in [2.45, 2.75) is 25.9 Å². The van der Waals surface area contributed by atoms with Crippen molar-refractivity contribution in [3.63, 3.8) is 0 Å². The molecule has 3 rings (SSSR count). The first-order valence-corrected chi connectivity index (χ1v) is 7.55. The van der Waals surface area contributed by atoms with E-state index < -0.39 is 0 Å². The summed E-state index contributed by atoms with van der Waals surface area (Å²) < 4.78 is 0. The number of aromatic nitrogens is 1. The summed E-state index contributed by atoms with van der Waals surface area (Å²) in [5.74, 6) is 0.318. The van der Waals surface area contributed by atoms with E-state index in [1.165, 1.54) is 6.42 Å². The summed E-state index contributed by atoms with van der Waals surface area (Å²) in [6, 6.07) is 4.32. The predicted molar refractivity (Wildman–Crippen MR) is 78.8 cm³/mol.